The lowest BCUT2D eigenvalue weighted by Crippen LogP contribution is -2.46. The molecule has 2 saturated heterocycles. The Labute approximate surface area is 160 Å². The molecule has 3 heterocycles. The SMILES string of the molecule is CC1(C)CC=C(c2nc(C3CC4(CF)CCC(CF)(C3)O4)ccc2N)CC1. The highest BCUT2D eigenvalue weighted by molar-refractivity contribution is 5.72. The summed E-state index contributed by atoms with van der Waals surface area (Å²) in [4.78, 5) is 4.90. The number of hydrogen-bond acceptors (Lipinski definition) is 3. The third-order valence-corrected chi connectivity index (χ3v) is 6.84. The first kappa shape index (κ1) is 18.9. The average molecular weight is 376 g/mol. The van der Waals surface area contributed by atoms with Crippen LogP contribution >= 0.6 is 0 Å². The number of pyridine rings is 1. The van der Waals surface area contributed by atoms with Gasteiger partial charge in [0.2, 0.25) is 0 Å². The van der Waals surface area contributed by atoms with E-state index in [2.05, 4.69) is 19.9 Å². The summed E-state index contributed by atoms with van der Waals surface area (Å²) in [5.41, 5.74) is 8.50. The molecule has 0 amide bonds. The summed E-state index contributed by atoms with van der Waals surface area (Å²) in [7, 11) is 0. The molecule has 2 fully saturated rings. The molecule has 0 saturated carbocycles. The van der Waals surface area contributed by atoms with Crippen molar-refractivity contribution in [3.05, 3.63) is 29.6 Å². The topological polar surface area (TPSA) is 48.1 Å². The van der Waals surface area contributed by atoms with Crippen molar-refractivity contribution in [1.29, 1.82) is 0 Å². The lowest BCUT2D eigenvalue weighted by molar-refractivity contribution is -0.160. The van der Waals surface area contributed by atoms with E-state index in [1.54, 1.807) is 0 Å². The first-order chi connectivity index (χ1) is 12.8. The number of alkyl halides is 2. The first-order valence-electron chi connectivity index (χ1n) is 10.1. The van der Waals surface area contributed by atoms with E-state index >= 15 is 0 Å². The van der Waals surface area contributed by atoms with Crippen molar-refractivity contribution in [1.82, 2.24) is 4.98 Å². The van der Waals surface area contributed by atoms with Crippen molar-refractivity contribution in [3.8, 4) is 0 Å². The fraction of sp³-hybridized carbons (Fsp3) is 0.682. The van der Waals surface area contributed by atoms with Gasteiger partial charge in [-0.2, -0.15) is 0 Å². The van der Waals surface area contributed by atoms with Gasteiger partial charge in [-0.05, 0) is 68.1 Å². The third-order valence-electron chi connectivity index (χ3n) is 6.84. The largest absolute Gasteiger partial charge is 0.397 e. The lowest BCUT2D eigenvalue weighted by atomic mass is 9.77. The van der Waals surface area contributed by atoms with Gasteiger partial charge in [0, 0.05) is 11.6 Å². The van der Waals surface area contributed by atoms with Gasteiger partial charge in [-0.3, -0.25) is 4.98 Å². The van der Waals surface area contributed by atoms with Crippen LogP contribution in [-0.2, 0) is 4.74 Å². The number of rotatable bonds is 4. The number of nitrogens with zero attached hydrogens (tertiary/aromatic N) is 1. The van der Waals surface area contributed by atoms with Gasteiger partial charge in [-0.25, -0.2) is 8.78 Å². The molecule has 2 aliphatic heterocycles. The van der Waals surface area contributed by atoms with Gasteiger partial charge in [-0.15, -0.1) is 0 Å². The monoisotopic (exact) mass is 376 g/mol. The minimum atomic E-state index is -0.841. The fourth-order valence-corrected chi connectivity index (χ4v) is 5.04. The lowest BCUT2D eigenvalue weighted by Gasteiger charge is -2.41. The van der Waals surface area contributed by atoms with Crippen molar-refractivity contribution >= 4 is 11.3 Å². The highest BCUT2D eigenvalue weighted by Gasteiger charge is 2.56. The van der Waals surface area contributed by atoms with Gasteiger partial charge in [0.15, 0.2) is 0 Å². The predicted octanol–water partition coefficient (Wildman–Crippen LogP) is 5.36. The molecule has 3 aliphatic rings. The van der Waals surface area contributed by atoms with E-state index in [1.807, 2.05) is 12.1 Å². The molecular weight excluding hydrogens is 346 g/mol. The van der Waals surface area contributed by atoms with Crippen molar-refractivity contribution in [2.75, 3.05) is 19.1 Å². The molecule has 0 spiro atoms. The van der Waals surface area contributed by atoms with Crippen LogP contribution in [0.5, 0.6) is 0 Å². The molecule has 1 aromatic rings. The van der Waals surface area contributed by atoms with Gasteiger partial charge < -0.3 is 10.5 Å². The zero-order chi connectivity index (χ0) is 19.3. The minimum absolute atomic E-state index is 0.00716. The molecule has 2 unspecified atom stereocenters. The van der Waals surface area contributed by atoms with Gasteiger partial charge in [0.25, 0.3) is 0 Å². The van der Waals surface area contributed by atoms with Gasteiger partial charge >= 0.3 is 0 Å². The maximum absolute atomic E-state index is 13.8. The number of fused-ring (bicyclic) bond motifs is 2. The number of nitrogens with two attached hydrogens (primary N) is 1. The molecule has 5 heteroatoms. The highest BCUT2D eigenvalue weighted by atomic mass is 19.1. The van der Waals surface area contributed by atoms with Crippen molar-refractivity contribution in [2.45, 2.75) is 75.9 Å². The molecule has 148 valence electrons. The summed E-state index contributed by atoms with van der Waals surface area (Å²) >= 11 is 0. The molecular formula is C22H30F2N2O. The number of aromatic nitrogens is 1. The van der Waals surface area contributed by atoms with E-state index in [9.17, 15) is 8.78 Å². The number of halogens is 2. The Balaban J connectivity index is 1.64. The first-order valence-corrected chi connectivity index (χ1v) is 10.1. The predicted molar refractivity (Wildman–Crippen MR) is 104 cm³/mol. The number of allylic oxidation sites excluding steroid dienone is 2. The second-order valence-corrected chi connectivity index (χ2v) is 9.61. The molecule has 27 heavy (non-hydrogen) atoms. The summed E-state index contributed by atoms with van der Waals surface area (Å²) in [5, 5.41) is 0. The molecule has 3 nitrogen and oxygen atoms in total. The van der Waals surface area contributed by atoms with Crippen LogP contribution in [0.1, 0.15) is 76.1 Å². The van der Waals surface area contributed by atoms with Gasteiger partial charge in [-0.1, -0.05) is 19.9 Å². The van der Waals surface area contributed by atoms with Crippen molar-refractivity contribution in [2.24, 2.45) is 5.41 Å². The molecule has 0 aromatic carbocycles. The Kier molecular flexibility index (Phi) is 4.57. The summed E-state index contributed by atoms with van der Waals surface area (Å²) in [6.45, 7) is 3.43. The maximum atomic E-state index is 13.8. The Morgan fingerprint density at radius 1 is 1.11 bits per heavy atom. The van der Waals surface area contributed by atoms with Crippen molar-refractivity contribution < 1.29 is 13.5 Å². The Hall–Kier alpha value is -1.49. The van der Waals surface area contributed by atoms with Gasteiger partial charge in [0.05, 0.1) is 22.6 Å². The van der Waals surface area contributed by atoms with Crippen molar-refractivity contribution in [3.63, 3.8) is 0 Å². The average Bonchev–Trinajstić information content (AvgIpc) is 2.94. The molecule has 2 atom stereocenters. The maximum Gasteiger partial charge on any atom is 0.118 e. The molecule has 4 rings (SSSR count). The smallest absolute Gasteiger partial charge is 0.118 e. The molecule has 1 aromatic heterocycles. The minimum Gasteiger partial charge on any atom is -0.397 e. The van der Waals surface area contributed by atoms with Crippen LogP contribution in [0.15, 0.2) is 18.2 Å². The molecule has 2 bridgehead atoms. The van der Waals surface area contributed by atoms with Crippen LogP contribution in [0.3, 0.4) is 0 Å². The van der Waals surface area contributed by atoms with E-state index in [-0.39, 0.29) is 5.92 Å². The van der Waals surface area contributed by atoms with Crippen LogP contribution in [0, 0.1) is 5.41 Å². The summed E-state index contributed by atoms with van der Waals surface area (Å²) in [6.07, 6.45) is 7.65. The van der Waals surface area contributed by atoms with Crippen LogP contribution in [0.25, 0.3) is 5.57 Å². The van der Waals surface area contributed by atoms with E-state index in [4.69, 9.17) is 15.5 Å². The van der Waals surface area contributed by atoms with Crippen LogP contribution in [-0.4, -0.2) is 29.5 Å². The van der Waals surface area contributed by atoms with Crippen LogP contribution in [0.4, 0.5) is 14.5 Å². The second kappa shape index (κ2) is 6.54. The number of anilines is 1. The quantitative estimate of drug-likeness (QED) is 0.769. The molecule has 0 radical (unpaired) electrons. The van der Waals surface area contributed by atoms with Crippen LogP contribution in [0.2, 0.25) is 0 Å². The highest BCUT2D eigenvalue weighted by Crippen LogP contribution is 2.53. The van der Waals surface area contributed by atoms with Crippen LogP contribution < -0.4 is 5.73 Å². The Morgan fingerprint density at radius 2 is 1.78 bits per heavy atom. The standard InChI is InChI=1S/C22H30F2N2O/c1-20(2)7-5-15(6-8-20)19-17(25)3-4-18(26-19)16-11-21(13-23)9-10-22(12-16,14-24)27-21/h3-5,16H,6-14,25H2,1-2H3. The fourth-order valence-electron chi connectivity index (χ4n) is 5.04. The van der Waals surface area contributed by atoms with Gasteiger partial charge in [0.1, 0.15) is 13.3 Å². The third kappa shape index (κ3) is 3.39. The number of hydrogen-bond donors (Lipinski definition) is 1. The van der Waals surface area contributed by atoms with E-state index in [0.29, 0.717) is 36.8 Å². The summed E-state index contributed by atoms with van der Waals surface area (Å²) in [6, 6.07) is 3.83. The second-order valence-electron chi connectivity index (χ2n) is 9.61. The Bertz CT molecular complexity index is 743. The molecule has 1 aliphatic carbocycles. The van der Waals surface area contributed by atoms with E-state index in [0.717, 1.165) is 30.7 Å². The van der Waals surface area contributed by atoms with E-state index < -0.39 is 24.6 Å². The zero-order valence-electron chi connectivity index (χ0n) is 16.4. The summed E-state index contributed by atoms with van der Waals surface area (Å²) in [5.74, 6) is 0.00716. The number of nitrogen functional groups attached to an aromatic ring is 1. The Morgan fingerprint density at radius 3 is 2.33 bits per heavy atom. The van der Waals surface area contributed by atoms with E-state index in [1.165, 1.54) is 5.57 Å². The molecule has 2 N–H and O–H groups in total. The normalized spacial score (nSPS) is 35.1. The zero-order valence-corrected chi connectivity index (χ0v) is 16.4. The number of ether oxygens (including phenoxy) is 1. The summed E-state index contributed by atoms with van der Waals surface area (Å²) < 4.78 is 33.4.